The number of carbonyl (C=O) groups is 2. The molecule has 0 saturated carbocycles. The zero-order valence-corrected chi connectivity index (χ0v) is 6.41. The lowest BCUT2D eigenvalue weighted by Crippen LogP contribution is -2.39. The first-order valence-corrected chi connectivity index (χ1v) is 3.52. The fourth-order valence-corrected chi connectivity index (χ4v) is 1.08. The summed E-state index contributed by atoms with van der Waals surface area (Å²) in [6.07, 6.45) is 0. The summed E-state index contributed by atoms with van der Waals surface area (Å²) in [6, 6.07) is -0.939. The molecule has 0 aromatic carbocycles. The first kappa shape index (κ1) is 7.84. The standard InChI is InChI=1S/C6H11N3O2/c1-2-8-3-4-9(5(7)10)6(8)11/h2-4H2,1H3,(H2,7,10). The average Bonchev–Trinajstić information content (AvgIpc) is 2.30. The largest absolute Gasteiger partial charge is 0.351 e. The summed E-state index contributed by atoms with van der Waals surface area (Å²) in [7, 11) is 0. The molecule has 0 aromatic rings. The van der Waals surface area contributed by atoms with Crippen LogP contribution in [0.1, 0.15) is 6.92 Å². The van der Waals surface area contributed by atoms with Gasteiger partial charge in [-0.3, -0.25) is 0 Å². The molecule has 11 heavy (non-hydrogen) atoms. The maximum atomic E-state index is 11.1. The van der Waals surface area contributed by atoms with Crippen LogP contribution >= 0.6 is 0 Å². The molecule has 0 bridgehead atoms. The predicted molar refractivity (Wildman–Crippen MR) is 38.9 cm³/mol. The van der Waals surface area contributed by atoms with E-state index in [1.165, 1.54) is 0 Å². The SMILES string of the molecule is CCN1CCN(C(N)=O)C1=O. The Bertz CT molecular complexity index is 192. The van der Waals surface area contributed by atoms with E-state index in [0.717, 1.165) is 4.90 Å². The van der Waals surface area contributed by atoms with Gasteiger partial charge in [-0.05, 0) is 6.92 Å². The Kier molecular flexibility index (Phi) is 1.98. The lowest BCUT2D eigenvalue weighted by atomic mass is 10.6. The molecular weight excluding hydrogens is 146 g/mol. The molecule has 1 saturated heterocycles. The van der Waals surface area contributed by atoms with Crippen molar-refractivity contribution in [3.63, 3.8) is 0 Å². The molecule has 1 aliphatic heterocycles. The molecule has 0 spiro atoms. The quantitative estimate of drug-likeness (QED) is 0.573. The molecule has 1 heterocycles. The number of nitrogens with two attached hydrogens (primary N) is 1. The van der Waals surface area contributed by atoms with Crippen LogP contribution in [0.25, 0.3) is 0 Å². The van der Waals surface area contributed by atoms with E-state index in [4.69, 9.17) is 5.73 Å². The number of amides is 4. The van der Waals surface area contributed by atoms with Gasteiger partial charge in [0.25, 0.3) is 0 Å². The average molecular weight is 157 g/mol. The molecule has 0 atom stereocenters. The van der Waals surface area contributed by atoms with Gasteiger partial charge in [0.2, 0.25) is 0 Å². The minimum atomic E-state index is -0.661. The van der Waals surface area contributed by atoms with Crippen LogP contribution in [0, 0.1) is 0 Å². The molecule has 0 unspecified atom stereocenters. The molecule has 0 radical (unpaired) electrons. The zero-order chi connectivity index (χ0) is 8.43. The third-order valence-corrected chi connectivity index (χ3v) is 1.74. The van der Waals surface area contributed by atoms with E-state index in [1.54, 1.807) is 4.90 Å². The number of likely N-dealkylation sites (N-methyl/N-ethyl adjacent to an activating group) is 1. The monoisotopic (exact) mass is 157 g/mol. The van der Waals surface area contributed by atoms with Crippen molar-refractivity contribution in [1.29, 1.82) is 0 Å². The Morgan fingerprint density at radius 3 is 2.55 bits per heavy atom. The van der Waals surface area contributed by atoms with Crippen molar-refractivity contribution in [2.75, 3.05) is 19.6 Å². The van der Waals surface area contributed by atoms with Crippen LogP contribution in [-0.2, 0) is 0 Å². The first-order chi connectivity index (χ1) is 5.16. The highest BCUT2D eigenvalue weighted by atomic mass is 16.2. The highest BCUT2D eigenvalue weighted by molar-refractivity contribution is 5.94. The van der Waals surface area contributed by atoms with Crippen LogP contribution in [0.2, 0.25) is 0 Å². The van der Waals surface area contributed by atoms with E-state index >= 15 is 0 Å². The summed E-state index contributed by atoms with van der Waals surface area (Å²) in [5.41, 5.74) is 4.94. The van der Waals surface area contributed by atoms with Gasteiger partial charge >= 0.3 is 12.1 Å². The fraction of sp³-hybridized carbons (Fsp3) is 0.667. The van der Waals surface area contributed by atoms with Crippen LogP contribution in [0.4, 0.5) is 9.59 Å². The summed E-state index contributed by atoms with van der Waals surface area (Å²) >= 11 is 0. The Hall–Kier alpha value is -1.26. The van der Waals surface area contributed by atoms with Crippen LogP contribution in [0.15, 0.2) is 0 Å². The number of imide groups is 1. The minimum absolute atomic E-state index is 0.278. The van der Waals surface area contributed by atoms with Crippen molar-refractivity contribution < 1.29 is 9.59 Å². The second-order valence-corrected chi connectivity index (χ2v) is 2.35. The number of hydrogen-bond donors (Lipinski definition) is 1. The Morgan fingerprint density at radius 2 is 2.27 bits per heavy atom. The fourth-order valence-electron chi connectivity index (χ4n) is 1.08. The van der Waals surface area contributed by atoms with Crippen LogP contribution in [0.5, 0.6) is 0 Å². The number of carbonyl (C=O) groups excluding carboxylic acids is 2. The summed E-state index contributed by atoms with van der Waals surface area (Å²) in [5, 5.41) is 0. The first-order valence-electron chi connectivity index (χ1n) is 3.52. The summed E-state index contributed by atoms with van der Waals surface area (Å²) in [4.78, 5) is 24.3. The van der Waals surface area contributed by atoms with E-state index in [-0.39, 0.29) is 6.03 Å². The van der Waals surface area contributed by atoms with E-state index in [1.807, 2.05) is 6.92 Å². The molecule has 1 rings (SSSR count). The predicted octanol–water partition coefficient (Wildman–Crippen LogP) is -0.177. The van der Waals surface area contributed by atoms with Gasteiger partial charge in [0.15, 0.2) is 0 Å². The second kappa shape index (κ2) is 2.77. The summed E-state index contributed by atoms with van der Waals surface area (Å²) in [5.74, 6) is 0. The van der Waals surface area contributed by atoms with Gasteiger partial charge < -0.3 is 10.6 Å². The van der Waals surface area contributed by atoms with Crippen molar-refractivity contribution >= 4 is 12.1 Å². The Labute approximate surface area is 64.7 Å². The maximum absolute atomic E-state index is 11.1. The third-order valence-electron chi connectivity index (χ3n) is 1.74. The van der Waals surface area contributed by atoms with Gasteiger partial charge in [0.1, 0.15) is 0 Å². The normalized spacial score (nSPS) is 17.7. The molecule has 0 aliphatic carbocycles. The summed E-state index contributed by atoms with van der Waals surface area (Å²) < 4.78 is 0. The van der Waals surface area contributed by atoms with Gasteiger partial charge in [0, 0.05) is 19.6 Å². The van der Waals surface area contributed by atoms with E-state index in [9.17, 15) is 9.59 Å². The van der Waals surface area contributed by atoms with Gasteiger partial charge in [-0.1, -0.05) is 0 Å². The van der Waals surface area contributed by atoms with Crippen molar-refractivity contribution in [1.82, 2.24) is 9.80 Å². The van der Waals surface area contributed by atoms with E-state index < -0.39 is 6.03 Å². The number of hydrogen-bond acceptors (Lipinski definition) is 2. The Balaban J connectivity index is 2.63. The van der Waals surface area contributed by atoms with Gasteiger partial charge in [-0.2, -0.15) is 0 Å². The molecule has 62 valence electrons. The molecule has 1 fully saturated rings. The Morgan fingerprint density at radius 1 is 1.64 bits per heavy atom. The lowest BCUT2D eigenvalue weighted by molar-refractivity contribution is 0.190. The maximum Gasteiger partial charge on any atom is 0.328 e. The minimum Gasteiger partial charge on any atom is -0.351 e. The van der Waals surface area contributed by atoms with Crippen LogP contribution < -0.4 is 5.73 Å². The second-order valence-electron chi connectivity index (χ2n) is 2.35. The molecule has 1 aliphatic rings. The number of rotatable bonds is 1. The van der Waals surface area contributed by atoms with Gasteiger partial charge in [0.05, 0.1) is 0 Å². The lowest BCUT2D eigenvalue weighted by Gasteiger charge is -2.12. The van der Waals surface area contributed by atoms with Gasteiger partial charge in [-0.15, -0.1) is 0 Å². The summed E-state index contributed by atoms with van der Waals surface area (Å²) in [6.45, 7) is 3.51. The van der Waals surface area contributed by atoms with E-state index in [2.05, 4.69) is 0 Å². The number of urea groups is 2. The topological polar surface area (TPSA) is 66.6 Å². The molecule has 5 nitrogen and oxygen atoms in total. The zero-order valence-electron chi connectivity index (χ0n) is 6.41. The smallest absolute Gasteiger partial charge is 0.328 e. The highest BCUT2D eigenvalue weighted by Crippen LogP contribution is 2.06. The third kappa shape index (κ3) is 1.26. The molecule has 5 heteroatoms. The van der Waals surface area contributed by atoms with Gasteiger partial charge in [-0.25, -0.2) is 14.5 Å². The molecule has 0 aromatic heterocycles. The molecule has 4 amide bonds. The van der Waals surface area contributed by atoms with Crippen molar-refractivity contribution in [3.05, 3.63) is 0 Å². The highest BCUT2D eigenvalue weighted by Gasteiger charge is 2.30. The van der Waals surface area contributed by atoms with Crippen molar-refractivity contribution in [3.8, 4) is 0 Å². The van der Waals surface area contributed by atoms with Crippen molar-refractivity contribution in [2.24, 2.45) is 5.73 Å². The van der Waals surface area contributed by atoms with Crippen molar-refractivity contribution in [2.45, 2.75) is 6.92 Å². The van der Waals surface area contributed by atoms with Crippen LogP contribution in [-0.4, -0.2) is 41.5 Å². The van der Waals surface area contributed by atoms with E-state index in [0.29, 0.717) is 19.6 Å². The van der Waals surface area contributed by atoms with Crippen LogP contribution in [0.3, 0.4) is 0 Å². The number of primary amides is 1. The molecular formula is C6H11N3O2. The number of nitrogens with zero attached hydrogens (tertiary/aromatic N) is 2. The molecule has 2 N–H and O–H groups in total.